The normalized spacial score (nSPS) is 18.1. The zero-order valence-corrected chi connectivity index (χ0v) is 27.2. The lowest BCUT2D eigenvalue weighted by molar-refractivity contribution is 0.546. The highest BCUT2D eigenvalue weighted by atomic mass is 32.2. The maximum atomic E-state index is 6.66. The SMILES string of the molecule is C1=Cc2c(oc3cc(C4=NC(c5cc6c(oc7cccc(-c8ccccc8)c76)c6ccccc56)=NC5c6ccccc6SC45)ccc23)CC1. The summed E-state index contributed by atoms with van der Waals surface area (Å²) in [5.74, 6) is 1.82. The Morgan fingerprint density at radius 3 is 2.45 bits per heavy atom. The summed E-state index contributed by atoms with van der Waals surface area (Å²) in [6, 6.07) is 42.9. The van der Waals surface area contributed by atoms with Crippen molar-refractivity contribution in [3.63, 3.8) is 0 Å². The van der Waals surface area contributed by atoms with Crippen molar-refractivity contribution in [2.24, 2.45) is 9.98 Å². The van der Waals surface area contributed by atoms with E-state index in [2.05, 4.69) is 133 Å². The minimum Gasteiger partial charge on any atom is -0.460 e. The Kier molecular flexibility index (Phi) is 5.81. The van der Waals surface area contributed by atoms with Gasteiger partial charge in [-0.2, -0.15) is 0 Å². The molecule has 0 saturated heterocycles. The minimum absolute atomic E-state index is 0.0532. The Balaban J connectivity index is 1.17. The van der Waals surface area contributed by atoms with Crippen LogP contribution in [0.2, 0.25) is 0 Å². The van der Waals surface area contributed by atoms with Crippen LogP contribution in [0.15, 0.2) is 151 Å². The Bertz CT molecular complexity index is 2770. The fourth-order valence-corrected chi connectivity index (χ4v) is 9.43. The minimum atomic E-state index is -0.0532. The van der Waals surface area contributed by atoms with Crippen LogP contribution in [0.25, 0.3) is 60.9 Å². The number of amidine groups is 1. The summed E-state index contributed by atoms with van der Waals surface area (Å²) in [7, 11) is 0. The molecule has 11 rings (SSSR count). The lowest BCUT2D eigenvalue weighted by Gasteiger charge is -2.25. The monoisotopic (exact) mass is 648 g/mol. The molecule has 0 spiro atoms. The lowest BCUT2D eigenvalue weighted by atomic mass is 9.93. The molecule has 4 heterocycles. The van der Waals surface area contributed by atoms with Gasteiger partial charge in [0.25, 0.3) is 0 Å². The van der Waals surface area contributed by atoms with Gasteiger partial charge in [-0.05, 0) is 58.8 Å². The topological polar surface area (TPSA) is 51.0 Å². The van der Waals surface area contributed by atoms with Crippen molar-refractivity contribution >= 4 is 73.1 Å². The van der Waals surface area contributed by atoms with Crippen molar-refractivity contribution in [2.75, 3.05) is 0 Å². The van der Waals surface area contributed by atoms with E-state index in [4.69, 9.17) is 18.8 Å². The van der Waals surface area contributed by atoms with Crippen LogP contribution in [0.1, 0.15) is 40.5 Å². The van der Waals surface area contributed by atoms with Crippen molar-refractivity contribution in [3.05, 3.63) is 155 Å². The van der Waals surface area contributed by atoms with Crippen LogP contribution in [-0.4, -0.2) is 16.8 Å². The van der Waals surface area contributed by atoms with Gasteiger partial charge in [-0.1, -0.05) is 103 Å². The second kappa shape index (κ2) is 10.4. The first kappa shape index (κ1) is 27.3. The molecule has 2 unspecified atom stereocenters. The van der Waals surface area contributed by atoms with Gasteiger partial charge in [0, 0.05) is 49.6 Å². The number of nitrogens with zero attached hydrogens (tertiary/aromatic N) is 2. The molecule has 0 saturated carbocycles. The molecule has 1 aliphatic carbocycles. The number of thioether (sulfide) groups is 1. The standard InChI is InChI=1S/C44H28N2O2S/c1-2-11-25(12-3-1)27-17-10-19-36-39(27)34-24-33(28-13-4-5-15-31(28)42(34)48-36)44-45-40(43-41(46-44)32-16-7-9-20-38(32)49-43)26-21-22-30-29-14-6-8-18-35(29)47-37(30)23-26/h1-7,9-17,19-24,41,43H,8,18H2. The maximum Gasteiger partial charge on any atom is 0.156 e. The van der Waals surface area contributed by atoms with Crippen LogP contribution in [0.4, 0.5) is 0 Å². The van der Waals surface area contributed by atoms with Gasteiger partial charge in [-0.15, -0.1) is 11.8 Å². The molecule has 0 fully saturated rings. The second-order valence-electron chi connectivity index (χ2n) is 13.1. The van der Waals surface area contributed by atoms with Crippen LogP contribution in [-0.2, 0) is 6.42 Å². The molecule has 2 atom stereocenters. The summed E-state index contributed by atoms with van der Waals surface area (Å²) in [5, 5.41) is 5.55. The zero-order chi connectivity index (χ0) is 32.1. The Morgan fingerprint density at radius 1 is 0.653 bits per heavy atom. The van der Waals surface area contributed by atoms with Gasteiger partial charge in [0.05, 0.1) is 17.0 Å². The van der Waals surface area contributed by atoms with Crippen molar-refractivity contribution in [2.45, 2.75) is 29.0 Å². The number of aryl methyl sites for hydroxylation is 1. The van der Waals surface area contributed by atoms with E-state index in [0.717, 1.165) is 96.1 Å². The van der Waals surface area contributed by atoms with Gasteiger partial charge in [-0.3, -0.25) is 4.99 Å². The van der Waals surface area contributed by atoms with Gasteiger partial charge in [-0.25, -0.2) is 4.99 Å². The number of hydrogen-bond donors (Lipinski definition) is 0. The first-order valence-corrected chi connectivity index (χ1v) is 17.7. The molecule has 3 aliphatic rings. The number of benzene rings is 6. The maximum absolute atomic E-state index is 6.66. The molecule has 0 radical (unpaired) electrons. The quantitative estimate of drug-likeness (QED) is 0.192. The van der Waals surface area contributed by atoms with E-state index in [9.17, 15) is 0 Å². The van der Waals surface area contributed by atoms with E-state index in [1.807, 2.05) is 11.8 Å². The molecule has 6 aromatic carbocycles. The smallest absolute Gasteiger partial charge is 0.156 e. The molecular weight excluding hydrogens is 621 g/mol. The Hall–Kier alpha value is -5.65. The number of rotatable bonds is 3. The number of fused-ring (bicyclic) bond motifs is 11. The number of furan rings is 2. The molecule has 8 aromatic rings. The largest absolute Gasteiger partial charge is 0.460 e. The van der Waals surface area contributed by atoms with Crippen molar-refractivity contribution in [1.29, 1.82) is 0 Å². The van der Waals surface area contributed by atoms with Gasteiger partial charge in [0.15, 0.2) is 5.84 Å². The number of hydrogen-bond acceptors (Lipinski definition) is 5. The predicted octanol–water partition coefficient (Wildman–Crippen LogP) is 11.6. The van der Waals surface area contributed by atoms with E-state index in [-0.39, 0.29) is 11.3 Å². The summed E-state index contributed by atoms with van der Waals surface area (Å²) in [4.78, 5) is 12.3. The van der Waals surface area contributed by atoms with E-state index in [1.165, 1.54) is 16.0 Å². The van der Waals surface area contributed by atoms with Crippen LogP contribution in [0, 0.1) is 0 Å². The van der Waals surface area contributed by atoms with Gasteiger partial charge in [0.2, 0.25) is 0 Å². The van der Waals surface area contributed by atoms with Crippen molar-refractivity contribution in [3.8, 4) is 11.1 Å². The number of allylic oxidation sites excluding steroid dienone is 1. The highest BCUT2D eigenvalue weighted by molar-refractivity contribution is 8.01. The average molecular weight is 649 g/mol. The third-order valence-electron chi connectivity index (χ3n) is 10.3. The van der Waals surface area contributed by atoms with Crippen LogP contribution in [0.3, 0.4) is 0 Å². The summed E-state index contributed by atoms with van der Waals surface area (Å²) in [6.07, 6.45) is 6.40. The fourth-order valence-electron chi connectivity index (χ4n) is 8.04. The molecule has 5 heteroatoms. The van der Waals surface area contributed by atoms with Gasteiger partial charge in [0.1, 0.15) is 22.5 Å². The van der Waals surface area contributed by atoms with Crippen LogP contribution >= 0.6 is 11.8 Å². The van der Waals surface area contributed by atoms with Crippen LogP contribution in [0.5, 0.6) is 0 Å². The highest BCUT2D eigenvalue weighted by Crippen LogP contribution is 2.50. The zero-order valence-electron chi connectivity index (χ0n) is 26.4. The molecule has 232 valence electrons. The van der Waals surface area contributed by atoms with Gasteiger partial charge >= 0.3 is 0 Å². The third kappa shape index (κ3) is 4.06. The second-order valence-corrected chi connectivity index (χ2v) is 14.2. The lowest BCUT2D eigenvalue weighted by Crippen LogP contribution is -2.28. The van der Waals surface area contributed by atoms with Crippen molar-refractivity contribution in [1.82, 2.24) is 0 Å². The fraction of sp³-hybridized carbons (Fsp3) is 0.0909. The molecule has 2 aliphatic heterocycles. The number of aliphatic imine (C=N–C) groups is 2. The predicted molar refractivity (Wildman–Crippen MR) is 202 cm³/mol. The molecule has 0 bridgehead atoms. The van der Waals surface area contributed by atoms with E-state index in [1.54, 1.807) is 0 Å². The highest BCUT2D eigenvalue weighted by Gasteiger charge is 2.40. The average Bonchev–Trinajstić information content (AvgIpc) is 3.85. The third-order valence-corrected chi connectivity index (χ3v) is 11.6. The summed E-state index contributed by atoms with van der Waals surface area (Å²) < 4.78 is 13.1. The Labute approximate surface area is 286 Å². The molecule has 0 N–H and O–H groups in total. The van der Waals surface area contributed by atoms with E-state index < -0.39 is 0 Å². The Morgan fingerprint density at radius 2 is 1.51 bits per heavy atom. The summed E-state index contributed by atoms with van der Waals surface area (Å²) in [6.45, 7) is 0. The van der Waals surface area contributed by atoms with E-state index >= 15 is 0 Å². The molecule has 0 amide bonds. The summed E-state index contributed by atoms with van der Waals surface area (Å²) in [5.41, 5.74) is 10.6. The molecule has 4 nitrogen and oxygen atoms in total. The first-order valence-electron chi connectivity index (χ1n) is 16.9. The molecule has 2 aromatic heterocycles. The molecular formula is C44H28N2O2S. The van der Waals surface area contributed by atoms with Gasteiger partial charge < -0.3 is 8.83 Å². The first-order chi connectivity index (χ1) is 24.3. The molecule has 49 heavy (non-hydrogen) atoms. The van der Waals surface area contributed by atoms with E-state index in [0.29, 0.717) is 0 Å². The summed E-state index contributed by atoms with van der Waals surface area (Å²) >= 11 is 1.87. The van der Waals surface area contributed by atoms with Crippen LogP contribution < -0.4 is 0 Å². The van der Waals surface area contributed by atoms with Crippen molar-refractivity contribution < 1.29 is 8.83 Å².